The minimum Gasteiger partial charge on any atom is -0.341 e. The lowest BCUT2D eigenvalue weighted by atomic mass is 9.89. The van der Waals surface area contributed by atoms with Crippen molar-refractivity contribution in [2.45, 2.75) is 39.0 Å². The summed E-state index contributed by atoms with van der Waals surface area (Å²) >= 11 is 0. The van der Waals surface area contributed by atoms with E-state index in [2.05, 4.69) is 10.1 Å². The molecule has 0 aromatic carbocycles. The van der Waals surface area contributed by atoms with Gasteiger partial charge in [-0.1, -0.05) is 19.3 Å². The van der Waals surface area contributed by atoms with E-state index in [-0.39, 0.29) is 5.91 Å². The van der Waals surface area contributed by atoms with E-state index < -0.39 is 0 Å². The Kier molecular flexibility index (Phi) is 4.14. The fourth-order valence-electron chi connectivity index (χ4n) is 3.49. The first kappa shape index (κ1) is 15.0. The van der Waals surface area contributed by atoms with E-state index >= 15 is 0 Å². The number of fused-ring (bicyclic) bond motifs is 1. The molecule has 0 unspecified atom stereocenters. The molecular weight excluding hydrogens is 276 g/mol. The van der Waals surface area contributed by atoms with Crippen LogP contribution in [0.5, 0.6) is 0 Å². The van der Waals surface area contributed by atoms with Gasteiger partial charge in [-0.25, -0.2) is 4.98 Å². The van der Waals surface area contributed by atoms with E-state index in [9.17, 15) is 4.79 Å². The first-order chi connectivity index (χ1) is 10.6. The second-order valence-electron chi connectivity index (χ2n) is 6.49. The molecule has 0 aliphatic heterocycles. The predicted octanol–water partition coefficient (Wildman–Crippen LogP) is 2.93. The summed E-state index contributed by atoms with van der Waals surface area (Å²) < 4.78 is 1.75. The van der Waals surface area contributed by atoms with Gasteiger partial charge in [-0.3, -0.25) is 9.48 Å². The molecule has 0 saturated heterocycles. The number of rotatable bonds is 3. The SMILES string of the molecule is Cc1nn(C)c2ncc(C(=O)N(C)CC3CCCCC3)cc12. The zero-order valence-electron chi connectivity index (χ0n) is 13.7. The topological polar surface area (TPSA) is 51.0 Å². The summed E-state index contributed by atoms with van der Waals surface area (Å²) in [6.45, 7) is 2.80. The van der Waals surface area contributed by atoms with Crippen LogP contribution in [0.25, 0.3) is 11.0 Å². The molecule has 0 spiro atoms. The lowest BCUT2D eigenvalue weighted by Gasteiger charge is -2.27. The standard InChI is InChI=1S/C17H24N4O/c1-12-15-9-14(10-18-16(15)21(3)19-12)17(22)20(2)11-13-7-5-4-6-8-13/h9-10,13H,4-8,11H2,1-3H3. The van der Waals surface area contributed by atoms with Gasteiger partial charge in [-0.05, 0) is 31.7 Å². The second kappa shape index (κ2) is 6.07. The summed E-state index contributed by atoms with van der Waals surface area (Å²) in [7, 11) is 3.77. The number of amides is 1. The van der Waals surface area contributed by atoms with Crippen LogP contribution in [-0.4, -0.2) is 39.2 Å². The van der Waals surface area contributed by atoms with E-state index in [1.807, 2.05) is 32.0 Å². The highest BCUT2D eigenvalue weighted by Crippen LogP contribution is 2.25. The predicted molar refractivity (Wildman–Crippen MR) is 86.8 cm³/mol. The summed E-state index contributed by atoms with van der Waals surface area (Å²) in [5, 5.41) is 5.32. The van der Waals surface area contributed by atoms with Crippen molar-refractivity contribution in [3.05, 3.63) is 23.5 Å². The highest BCUT2D eigenvalue weighted by Gasteiger charge is 2.20. The molecule has 1 aliphatic rings. The highest BCUT2D eigenvalue weighted by molar-refractivity contribution is 5.97. The molecule has 5 nitrogen and oxygen atoms in total. The van der Waals surface area contributed by atoms with Crippen LogP contribution in [0.1, 0.15) is 48.2 Å². The summed E-state index contributed by atoms with van der Waals surface area (Å²) in [4.78, 5) is 18.9. The van der Waals surface area contributed by atoms with Crippen LogP contribution < -0.4 is 0 Å². The number of hydrogen-bond donors (Lipinski definition) is 0. The number of hydrogen-bond acceptors (Lipinski definition) is 3. The van der Waals surface area contributed by atoms with E-state index in [4.69, 9.17) is 0 Å². The Morgan fingerprint density at radius 2 is 2.09 bits per heavy atom. The maximum absolute atomic E-state index is 12.6. The Morgan fingerprint density at radius 1 is 1.36 bits per heavy atom. The number of nitrogens with zero attached hydrogens (tertiary/aromatic N) is 4. The Hall–Kier alpha value is -1.91. The molecule has 1 aliphatic carbocycles. The number of carbonyl (C=O) groups excluding carboxylic acids is 1. The molecule has 0 atom stereocenters. The van der Waals surface area contributed by atoms with Gasteiger partial charge in [0.15, 0.2) is 5.65 Å². The largest absolute Gasteiger partial charge is 0.341 e. The van der Waals surface area contributed by atoms with E-state index in [0.29, 0.717) is 11.5 Å². The average Bonchev–Trinajstić information content (AvgIpc) is 2.82. The van der Waals surface area contributed by atoms with Crippen molar-refractivity contribution < 1.29 is 4.79 Å². The van der Waals surface area contributed by atoms with Crippen molar-refractivity contribution in [2.24, 2.45) is 13.0 Å². The van der Waals surface area contributed by atoms with Crippen molar-refractivity contribution >= 4 is 16.9 Å². The van der Waals surface area contributed by atoms with Gasteiger partial charge >= 0.3 is 0 Å². The maximum Gasteiger partial charge on any atom is 0.255 e. The summed E-state index contributed by atoms with van der Waals surface area (Å²) in [6.07, 6.45) is 8.11. The van der Waals surface area contributed by atoms with Gasteiger partial charge in [0.05, 0.1) is 11.3 Å². The van der Waals surface area contributed by atoms with Gasteiger partial charge in [0.2, 0.25) is 0 Å². The number of pyridine rings is 1. The van der Waals surface area contributed by atoms with Crippen LogP contribution in [0.2, 0.25) is 0 Å². The summed E-state index contributed by atoms with van der Waals surface area (Å²) in [5.41, 5.74) is 2.39. The lowest BCUT2D eigenvalue weighted by Crippen LogP contribution is -2.32. The van der Waals surface area contributed by atoms with Crippen molar-refractivity contribution in [3.8, 4) is 0 Å². The molecule has 0 bridgehead atoms. The Morgan fingerprint density at radius 3 is 2.82 bits per heavy atom. The molecule has 22 heavy (non-hydrogen) atoms. The van der Waals surface area contributed by atoms with Gasteiger partial charge in [0.25, 0.3) is 5.91 Å². The normalized spacial score (nSPS) is 16.1. The van der Waals surface area contributed by atoms with Crippen molar-refractivity contribution in [2.75, 3.05) is 13.6 Å². The molecule has 2 aromatic heterocycles. The maximum atomic E-state index is 12.6. The van der Waals surface area contributed by atoms with Crippen LogP contribution in [0.15, 0.2) is 12.3 Å². The Bertz CT molecular complexity index is 685. The molecule has 2 heterocycles. The fraction of sp³-hybridized carbons (Fsp3) is 0.588. The first-order valence-corrected chi connectivity index (χ1v) is 8.11. The number of aryl methyl sites for hydroxylation is 2. The third-order valence-electron chi connectivity index (χ3n) is 4.71. The Balaban J connectivity index is 1.77. The number of aromatic nitrogens is 3. The fourth-order valence-corrected chi connectivity index (χ4v) is 3.49. The zero-order chi connectivity index (χ0) is 15.7. The van der Waals surface area contributed by atoms with E-state index in [1.54, 1.807) is 10.9 Å². The zero-order valence-corrected chi connectivity index (χ0v) is 13.7. The van der Waals surface area contributed by atoms with E-state index in [0.717, 1.165) is 23.3 Å². The molecule has 5 heteroatoms. The van der Waals surface area contributed by atoms with Crippen LogP contribution >= 0.6 is 0 Å². The van der Waals surface area contributed by atoms with Crippen LogP contribution in [0.4, 0.5) is 0 Å². The van der Waals surface area contributed by atoms with Crippen LogP contribution in [0, 0.1) is 12.8 Å². The van der Waals surface area contributed by atoms with Crippen LogP contribution in [-0.2, 0) is 7.05 Å². The summed E-state index contributed by atoms with van der Waals surface area (Å²) in [5.74, 6) is 0.711. The van der Waals surface area contributed by atoms with E-state index in [1.165, 1.54) is 32.1 Å². The summed E-state index contributed by atoms with van der Waals surface area (Å²) in [6, 6.07) is 1.92. The smallest absolute Gasteiger partial charge is 0.255 e. The minimum absolute atomic E-state index is 0.0585. The third kappa shape index (κ3) is 2.85. The average molecular weight is 300 g/mol. The van der Waals surface area contributed by atoms with Gasteiger partial charge in [0.1, 0.15) is 0 Å². The van der Waals surface area contributed by atoms with Gasteiger partial charge in [0, 0.05) is 32.2 Å². The van der Waals surface area contributed by atoms with Crippen molar-refractivity contribution in [3.63, 3.8) is 0 Å². The lowest BCUT2D eigenvalue weighted by molar-refractivity contribution is 0.0760. The van der Waals surface area contributed by atoms with Crippen LogP contribution in [0.3, 0.4) is 0 Å². The van der Waals surface area contributed by atoms with Crippen molar-refractivity contribution in [1.82, 2.24) is 19.7 Å². The van der Waals surface area contributed by atoms with Gasteiger partial charge in [-0.15, -0.1) is 0 Å². The molecule has 1 fully saturated rings. The quantitative estimate of drug-likeness (QED) is 0.875. The molecule has 0 N–H and O–H groups in total. The van der Waals surface area contributed by atoms with Gasteiger partial charge < -0.3 is 4.90 Å². The Labute approximate surface area is 131 Å². The molecule has 2 aromatic rings. The molecule has 0 radical (unpaired) electrons. The highest BCUT2D eigenvalue weighted by atomic mass is 16.2. The molecule has 3 rings (SSSR count). The second-order valence-corrected chi connectivity index (χ2v) is 6.49. The molecule has 118 valence electrons. The van der Waals surface area contributed by atoms with Crippen molar-refractivity contribution in [1.29, 1.82) is 0 Å². The monoisotopic (exact) mass is 300 g/mol. The van der Waals surface area contributed by atoms with Gasteiger partial charge in [-0.2, -0.15) is 5.10 Å². The minimum atomic E-state index is 0.0585. The molecular formula is C17H24N4O. The molecule has 1 saturated carbocycles. The first-order valence-electron chi connectivity index (χ1n) is 8.11. The third-order valence-corrected chi connectivity index (χ3v) is 4.71. The number of carbonyl (C=O) groups is 1. The molecule has 1 amide bonds.